The summed E-state index contributed by atoms with van der Waals surface area (Å²) in [7, 11) is 0. The molecule has 4 aliphatic rings. The molecule has 2 aliphatic heterocycles. The molecule has 2 saturated carbocycles. The molecule has 25 heavy (non-hydrogen) atoms. The zero-order valence-corrected chi connectivity index (χ0v) is 15.6. The molecule has 2 N–H and O–H groups in total. The fourth-order valence-electron chi connectivity index (χ4n) is 5.26. The molecular weight excluding hydrogens is 316 g/mol. The Labute approximate surface area is 151 Å². The maximum absolute atomic E-state index is 11.1. The Morgan fingerprint density at radius 3 is 2.52 bits per heavy atom. The van der Waals surface area contributed by atoms with E-state index in [1.54, 1.807) is 0 Å². The molecule has 4 rings (SSSR count). The second-order valence-electron chi connectivity index (χ2n) is 9.24. The lowest BCUT2D eigenvalue weighted by atomic mass is 9.81. The molecule has 0 amide bonds. The monoisotopic (exact) mass is 350 g/mol. The predicted octanol–water partition coefficient (Wildman–Crippen LogP) is 2.50. The lowest BCUT2D eigenvalue weighted by molar-refractivity contribution is -0.143. The maximum atomic E-state index is 11.1. The van der Waals surface area contributed by atoms with Crippen molar-refractivity contribution in [2.45, 2.75) is 76.0 Å². The van der Waals surface area contributed by atoms with E-state index in [4.69, 9.17) is 9.84 Å². The van der Waals surface area contributed by atoms with Crippen LogP contribution >= 0.6 is 0 Å². The summed E-state index contributed by atoms with van der Waals surface area (Å²) in [5.74, 6) is 0.862. The van der Waals surface area contributed by atoms with Crippen molar-refractivity contribution in [3.8, 4) is 0 Å². The predicted molar refractivity (Wildman–Crippen MR) is 96.6 cm³/mol. The summed E-state index contributed by atoms with van der Waals surface area (Å²) in [6.45, 7) is 6.66. The summed E-state index contributed by atoms with van der Waals surface area (Å²) >= 11 is 0. The fraction of sp³-hybridized carbons (Fsp3) is 0.950. The summed E-state index contributed by atoms with van der Waals surface area (Å²) in [4.78, 5) is 13.7. The van der Waals surface area contributed by atoms with E-state index in [9.17, 15) is 4.79 Å². The average Bonchev–Trinajstić information content (AvgIpc) is 3.15. The first-order chi connectivity index (χ1) is 12.0. The Kier molecular flexibility index (Phi) is 5.09. The van der Waals surface area contributed by atoms with Crippen molar-refractivity contribution in [2.24, 2.45) is 17.8 Å². The van der Waals surface area contributed by atoms with Crippen LogP contribution < -0.4 is 5.32 Å². The number of carboxylic acid groups (broad SMARTS) is 1. The molecule has 0 bridgehead atoms. The standard InChI is InChI=1S/C20H34N2O3/c1-14-10-18(14)21-17-11-20(25-13-17)6-8-22(9-7-20)12-15-2-4-16(5-3-15)19(23)24/h14-18,21H,2-13H2,1H3,(H,23,24)/t14-,15-,16-,17?,18-/m1/s1. The van der Waals surface area contributed by atoms with Crippen LogP contribution in [0.4, 0.5) is 0 Å². The molecule has 0 aromatic rings. The van der Waals surface area contributed by atoms with Gasteiger partial charge in [-0.05, 0) is 63.2 Å². The topological polar surface area (TPSA) is 61.8 Å². The van der Waals surface area contributed by atoms with E-state index in [1.165, 1.54) is 12.8 Å². The third-order valence-corrected chi connectivity index (χ3v) is 7.25. The molecule has 0 radical (unpaired) electrons. The Bertz CT molecular complexity index is 481. The minimum atomic E-state index is -0.597. The van der Waals surface area contributed by atoms with Crippen molar-refractivity contribution >= 4 is 5.97 Å². The van der Waals surface area contributed by atoms with Gasteiger partial charge in [-0.15, -0.1) is 0 Å². The second-order valence-corrected chi connectivity index (χ2v) is 9.24. The van der Waals surface area contributed by atoms with Gasteiger partial charge >= 0.3 is 5.97 Å². The van der Waals surface area contributed by atoms with Gasteiger partial charge in [0, 0.05) is 31.7 Å². The number of aliphatic carboxylic acids is 1. The van der Waals surface area contributed by atoms with E-state index in [-0.39, 0.29) is 11.5 Å². The van der Waals surface area contributed by atoms with E-state index in [1.807, 2.05) is 0 Å². The van der Waals surface area contributed by atoms with Gasteiger partial charge in [0.15, 0.2) is 0 Å². The number of hydrogen-bond donors (Lipinski definition) is 2. The molecule has 2 heterocycles. The van der Waals surface area contributed by atoms with Gasteiger partial charge in [-0.1, -0.05) is 6.92 Å². The number of nitrogens with zero attached hydrogens (tertiary/aromatic N) is 1. The SMILES string of the molecule is C[C@@H]1C[C@H]1NC1COC2(CCN(C[C@H]3CC[C@H](C(=O)O)CC3)CC2)C1. The number of nitrogens with one attached hydrogen (secondary N) is 1. The number of hydrogen-bond acceptors (Lipinski definition) is 4. The summed E-state index contributed by atoms with van der Waals surface area (Å²) in [5.41, 5.74) is 0.132. The molecule has 2 saturated heterocycles. The third-order valence-electron chi connectivity index (χ3n) is 7.25. The number of rotatable bonds is 5. The number of carboxylic acids is 1. The molecule has 1 unspecified atom stereocenters. The zero-order valence-electron chi connectivity index (χ0n) is 15.6. The summed E-state index contributed by atoms with van der Waals surface area (Å²) in [5, 5.41) is 12.9. The highest BCUT2D eigenvalue weighted by Gasteiger charge is 2.45. The summed E-state index contributed by atoms with van der Waals surface area (Å²) < 4.78 is 6.28. The Morgan fingerprint density at radius 1 is 1.24 bits per heavy atom. The quantitative estimate of drug-likeness (QED) is 0.798. The highest BCUT2D eigenvalue weighted by atomic mass is 16.5. The number of likely N-dealkylation sites (tertiary alicyclic amines) is 1. The van der Waals surface area contributed by atoms with Crippen molar-refractivity contribution in [1.82, 2.24) is 10.2 Å². The normalized spacial score (nSPS) is 41.1. The van der Waals surface area contributed by atoms with Crippen LogP contribution in [-0.2, 0) is 9.53 Å². The van der Waals surface area contributed by atoms with Gasteiger partial charge in [0.05, 0.1) is 18.1 Å². The minimum Gasteiger partial charge on any atom is -0.481 e. The van der Waals surface area contributed by atoms with Gasteiger partial charge in [0.2, 0.25) is 0 Å². The van der Waals surface area contributed by atoms with Gasteiger partial charge in [-0.3, -0.25) is 4.79 Å². The average molecular weight is 351 g/mol. The molecule has 4 fully saturated rings. The van der Waals surface area contributed by atoms with Gasteiger partial charge < -0.3 is 20.1 Å². The smallest absolute Gasteiger partial charge is 0.306 e. The van der Waals surface area contributed by atoms with Crippen LogP contribution in [0.1, 0.15) is 58.3 Å². The van der Waals surface area contributed by atoms with Crippen LogP contribution in [0, 0.1) is 17.8 Å². The molecular formula is C20H34N2O3. The lowest BCUT2D eigenvalue weighted by Crippen LogP contribution is -2.46. The Hall–Kier alpha value is -0.650. The van der Waals surface area contributed by atoms with Crippen LogP contribution in [0.25, 0.3) is 0 Å². The Morgan fingerprint density at radius 2 is 1.92 bits per heavy atom. The van der Waals surface area contributed by atoms with Crippen molar-refractivity contribution < 1.29 is 14.6 Å². The molecule has 5 heteroatoms. The van der Waals surface area contributed by atoms with E-state index >= 15 is 0 Å². The first kappa shape index (κ1) is 17.7. The minimum absolute atomic E-state index is 0.0913. The van der Waals surface area contributed by atoms with Crippen LogP contribution in [-0.4, -0.2) is 59.9 Å². The molecule has 1 spiro atoms. The number of ether oxygens (including phenoxy) is 1. The van der Waals surface area contributed by atoms with E-state index < -0.39 is 5.97 Å². The van der Waals surface area contributed by atoms with E-state index in [0.29, 0.717) is 12.0 Å². The molecule has 5 nitrogen and oxygen atoms in total. The summed E-state index contributed by atoms with van der Waals surface area (Å²) in [6.07, 6.45) is 8.75. The first-order valence-electron chi connectivity index (χ1n) is 10.4. The van der Waals surface area contributed by atoms with Crippen LogP contribution in [0.15, 0.2) is 0 Å². The van der Waals surface area contributed by atoms with E-state index in [2.05, 4.69) is 17.1 Å². The largest absolute Gasteiger partial charge is 0.481 e. The molecule has 2 aliphatic carbocycles. The highest BCUT2D eigenvalue weighted by Crippen LogP contribution is 2.39. The summed E-state index contributed by atoms with van der Waals surface area (Å²) in [6, 6.07) is 1.30. The molecule has 0 aromatic heterocycles. The zero-order chi connectivity index (χ0) is 17.4. The number of carbonyl (C=O) groups is 1. The van der Waals surface area contributed by atoms with Gasteiger partial charge in [0.25, 0.3) is 0 Å². The fourth-order valence-corrected chi connectivity index (χ4v) is 5.26. The molecule has 3 atom stereocenters. The van der Waals surface area contributed by atoms with Crippen molar-refractivity contribution in [1.29, 1.82) is 0 Å². The second kappa shape index (κ2) is 7.16. The van der Waals surface area contributed by atoms with Gasteiger partial charge in [-0.25, -0.2) is 0 Å². The van der Waals surface area contributed by atoms with Crippen LogP contribution in [0.3, 0.4) is 0 Å². The first-order valence-corrected chi connectivity index (χ1v) is 10.4. The van der Waals surface area contributed by atoms with E-state index in [0.717, 1.165) is 76.7 Å². The lowest BCUT2D eigenvalue weighted by Gasteiger charge is -2.40. The third kappa shape index (κ3) is 4.20. The van der Waals surface area contributed by atoms with Gasteiger partial charge in [0.1, 0.15) is 0 Å². The Balaban J connectivity index is 1.18. The number of piperidine rings is 1. The van der Waals surface area contributed by atoms with Crippen LogP contribution in [0.2, 0.25) is 0 Å². The highest BCUT2D eigenvalue weighted by molar-refractivity contribution is 5.69. The van der Waals surface area contributed by atoms with Gasteiger partial charge in [-0.2, -0.15) is 0 Å². The molecule has 142 valence electrons. The van der Waals surface area contributed by atoms with Crippen LogP contribution in [0.5, 0.6) is 0 Å². The molecule has 0 aromatic carbocycles. The van der Waals surface area contributed by atoms with Crippen molar-refractivity contribution in [3.63, 3.8) is 0 Å². The van der Waals surface area contributed by atoms with Crippen molar-refractivity contribution in [2.75, 3.05) is 26.2 Å². The van der Waals surface area contributed by atoms with Crippen molar-refractivity contribution in [3.05, 3.63) is 0 Å². The maximum Gasteiger partial charge on any atom is 0.306 e.